The smallest absolute Gasteiger partial charge is 0.374 e. The van der Waals surface area contributed by atoms with Crippen molar-refractivity contribution >= 4 is 14.9 Å². The molecule has 0 aromatic heterocycles. The molecule has 0 spiro atoms. The lowest BCUT2D eigenvalue weighted by molar-refractivity contribution is 0.0706. The largest absolute Gasteiger partial charge is 0.500 e. The molecular weight excluding hydrogens is 538 g/mol. The van der Waals surface area contributed by atoms with Gasteiger partial charge in [-0.1, -0.05) is 161 Å². The first-order valence-electron chi connectivity index (χ1n) is 18.7. The fraction of sp³-hybridized carbons (Fsp3) is 0.972. The molecule has 0 amide bonds. The van der Waals surface area contributed by atoms with Gasteiger partial charge in [-0.25, -0.2) is 9.79 Å². The standard InChI is InChI=1S/C36H73NO4Si/c1-4-39-42(40-5-2,41-6-3)35-33-31-29-27-25-23-21-19-17-15-13-11-9-7-8-10-12-14-16-18-20-22-24-26-28-30-32-34-37-36-38/h4-35H2,1-3H3. The fourth-order valence-corrected chi connectivity index (χ4v) is 8.68. The highest BCUT2D eigenvalue weighted by Gasteiger charge is 2.39. The van der Waals surface area contributed by atoms with Crippen LogP contribution in [0.1, 0.15) is 194 Å². The molecule has 0 aliphatic rings. The van der Waals surface area contributed by atoms with Gasteiger partial charge in [0.25, 0.3) is 0 Å². The summed E-state index contributed by atoms with van der Waals surface area (Å²) in [6.07, 6.45) is 38.8. The van der Waals surface area contributed by atoms with Crippen molar-refractivity contribution in [3.8, 4) is 0 Å². The highest BCUT2D eigenvalue weighted by molar-refractivity contribution is 6.60. The summed E-state index contributed by atoms with van der Waals surface area (Å²) >= 11 is 0. The summed E-state index contributed by atoms with van der Waals surface area (Å²) in [5.41, 5.74) is 0. The lowest BCUT2D eigenvalue weighted by atomic mass is 10.0. The molecule has 0 bridgehead atoms. The minimum absolute atomic E-state index is 0.663. The first-order valence-corrected chi connectivity index (χ1v) is 20.6. The third-order valence-corrected chi connectivity index (χ3v) is 11.6. The van der Waals surface area contributed by atoms with E-state index in [4.69, 9.17) is 13.3 Å². The van der Waals surface area contributed by atoms with Crippen LogP contribution in [0, 0.1) is 0 Å². The van der Waals surface area contributed by atoms with Gasteiger partial charge in [0.1, 0.15) is 0 Å². The minimum atomic E-state index is -2.43. The molecule has 0 saturated carbocycles. The van der Waals surface area contributed by atoms with Gasteiger partial charge in [0.05, 0.1) is 6.54 Å². The molecular formula is C36H73NO4Si. The molecule has 5 nitrogen and oxygen atoms in total. The number of hydrogen-bond acceptors (Lipinski definition) is 5. The van der Waals surface area contributed by atoms with Crippen LogP contribution in [-0.2, 0) is 18.1 Å². The summed E-state index contributed by atoms with van der Waals surface area (Å²) in [7, 11) is -2.43. The second-order valence-electron chi connectivity index (χ2n) is 12.3. The highest BCUT2D eigenvalue weighted by atomic mass is 28.4. The summed E-state index contributed by atoms with van der Waals surface area (Å²) in [4.78, 5) is 13.6. The van der Waals surface area contributed by atoms with E-state index < -0.39 is 8.80 Å². The Balaban J connectivity index is 3.25. The van der Waals surface area contributed by atoms with Crippen molar-refractivity contribution in [3.63, 3.8) is 0 Å². The number of rotatable bonds is 36. The molecule has 0 aromatic carbocycles. The summed E-state index contributed by atoms with van der Waals surface area (Å²) < 4.78 is 17.9. The molecule has 0 radical (unpaired) electrons. The van der Waals surface area contributed by atoms with E-state index in [1.165, 1.54) is 161 Å². The Labute approximate surface area is 264 Å². The van der Waals surface area contributed by atoms with Gasteiger partial charge < -0.3 is 13.3 Å². The van der Waals surface area contributed by atoms with Crippen molar-refractivity contribution in [3.05, 3.63) is 0 Å². The van der Waals surface area contributed by atoms with Crippen LogP contribution in [0.4, 0.5) is 0 Å². The molecule has 0 saturated heterocycles. The van der Waals surface area contributed by atoms with E-state index in [1.807, 2.05) is 20.8 Å². The van der Waals surface area contributed by atoms with E-state index in [2.05, 4.69) is 4.99 Å². The van der Waals surface area contributed by atoms with Crippen LogP contribution in [0.25, 0.3) is 0 Å². The Morgan fingerprint density at radius 3 is 0.881 bits per heavy atom. The zero-order valence-electron chi connectivity index (χ0n) is 28.7. The molecule has 0 N–H and O–H groups in total. The number of carbonyl (C=O) groups excluding carboxylic acids is 1. The third-order valence-electron chi connectivity index (χ3n) is 8.41. The van der Waals surface area contributed by atoms with Gasteiger partial charge in [0, 0.05) is 25.9 Å². The zero-order valence-corrected chi connectivity index (χ0v) is 29.7. The number of hydrogen-bond donors (Lipinski definition) is 0. The normalized spacial score (nSPS) is 11.7. The molecule has 0 heterocycles. The molecule has 0 aromatic rings. The Hall–Kier alpha value is -0.523. The van der Waals surface area contributed by atoms with Gasteiger partial charge in [-0.05, 0) is 33.6 Å². The van der Waals surface area contributed by atoms with Crippen LogP contribution in [0.3, 0.4) is 0 Å². The molecule has 0 atom stereocenters. The van der Waals surface area contributed by atoms with Gasteiger partial charge in [-0.2, -0.15) is 0 Å². The molecule has 0 rings (SSSR count). The number of aliphatic imine (C=N–C) groups is 1. The van der Waals surface area contributed by atoms with Gasteiger partial charge in [-0.3, -0.25) is 0 Å². The maximum atomic E-state index is 10.0. The lowest BCUT2D eigenvalue weighted by Crippen LogP contribution is -2.45. The molecule has 0 aliphatic carbocycles. The monoisotopic (exact) mass is 612 g/mol. The molecule has 6 heteroatoms. The van der Waals surface area contributed by atoms with Crippen molar-refractivity contribution in [2.75, 3.05) is 26.4 Å². The Morgan fingerprint density at radius 1 is 0.405 bits per heavy atom. The SMILES string of the molecule is CCO[Si](CCCCCCCCCCCCCCCCCCCCCCCCCCCCCN=C=O)(OCC)OCC. The predicted molar refractivity (Wildman–Crippen MR) is 183 cm³/mol. The van der Waals surface area contributed by atoms with Crippen LogP contribution < -0.4 is 0 Å². The molecule has 42 heavy (non-hydrogen) atoms. The van der Waals surface area contributed by atoms with Crippen molar-refractivity contribution < 1.29 is 18.1 Å². The van der Waals surface area contributed by atoms with E-state index in [0.29, 0.717) is 26.4 Å². The topological polar surface area (TPSA) is 57.1 Å². The van der Waals surface area contributed by atoms with Gasteiger partial charge >= 0.3 is 8.80 Å². The van der Waals surface area contributed by atoms with E-state index >= 15 is 0 Å². The molecule has 250 valence electrons. The third kappa shape index (κ3) is 29.5. The lowest BCUT2D eigenvalue weighted by Gasteiger charge is -2.28. The van der Waals surface area contributed by atoms with Crippen molar-refractivity contribution in [2.24, 2.45) is 4.99 Å². The minimum Gasteiger partial charge on any atom is -0.374 e. The number of isocyanates is 1. The maximum absolute atomic E-state index is 10.0. The van der Waals surface area contributed by atoms with Gasteiger partial charge in [0.15, 0.2) is 0 Å². The average molecular weight is 612 g/mol. The second-order valence-corrected chi connectivity index (χ2v) is 15.0. The van der Waals surface area contributed by atoms with Gasteiger partial charge in [-0.15, -0.1) is 0 Å². The Morgan fingerprint density at radius 2 is 0.643 bits per heavy atom. The van der Waals surface area contributed by atoms with Crippen molar-refractivity contribution in [1.29, 1.82) is 0 Å². The summed E-state index contributed by atoms with van der Waals surface area (Å²) in [5.74, 6) is 0. The van der Waals surface area contributed by atoms with Crippen LogP contribution >= 0.6 is 0 Å². The first kappa shape index (κ1) is 41.5. The average Bonchev–Trinajstić information content (AvgIpc) is 2.98. The zero-order chi connectivity index (χ0) is 30.7. The Bertz CT molecular complexity index is 554. The summed E-state index contributed by atoms with van der Waals surface area (Å²) in [6, 6.07) is 0.967. The van der Waals surface area contributed by atoms with E-state index in [9.17, 15) is 4.79 Å². The number of nitrogens with zero attached hydrogens (tertiary/aromatic N) is 1. The van der Waals surface area contributed by atoms with Crippen LogP contribution in [0.5, 0.6) is 0 Å². The quantitative estimate of drug-likeness (QED) is 0.0306. The first-order chi connectivity index (χ1) is 20.7. The van der Waals surface area contributed by atoms with E-state index in [0.717, 1.165) is 18.9 Å². The van der Waals surface area contributed by atoms with Crippen LogP contribution in [0.15, 0.2) is 4.99 Å². The molecule has 0 unspecified atom stereocenters. The maximum Gasteiger partial charge on any atom is 0.500 e. The van der Waals surface area contributed by atoms with E-state index in [1.54, 1.807) is 6.08 Å². The predicted octanol–water partition coefficient (Wildman–Crippen LogP) is 11.9. The molecule has 0 fully saturated rings. The van der Waals surface area contributed by atoms with E-state index in [-0.39, 0.29) is 0 Å². The van der Waals surface area contributed by atoms with Crippen LogP contribution in [0.2, 0.25) is 6.04 Å². The Kier molecular flexibility index (Phi) is 34.5. The fourth-order valence-electron chi connectivity index (χ4n) is 6.00. The van der Waals surface area contributed by atoms with Crippen molar-refractivity contribution in [2.45, 2.75) is 200 Å². The summed E-state index contributed by atoms with van der Waals surface area (Å²) in [6.45, 7) is 8.82. The number of unbranched alkanes of at least 4 members (excludes halogenated alkanes) is 26. The second kappa shape index (κ2) is 35.0. The van der Waals surface area contributed by atoms with Gasteiger partial charge in [0.2, 0.25) is 6.08 Å². The van der Waals surface area contributed by atoms with Crippen LogP contribution in [-0.4, -0.2) is 41.2 Å². The van der Waals surface area contributed by atoms with Crippen molar-refractivity contribution in [1.82, 2.24) is 0 Å². The molecule has 0 aliphatic heterocycles. The highest BCUT2D eigenvalue weighted by Crippen LogP contribution is 2.21. The summed E-state index contributed by atoms with van der Waals surface area (Å²) in [5, 5.41) is 0.